The Kier molecular flexibility index (Phi) is 4.50. The number of likely N-dealkylation sites (N-methyl/N-ethyl adjacent to an activating group) is 1. The van der Waals surface area contributed by atoms with Gasteiger partial charge in [-0.2, -0.15) is 0 Å². The topological polar surface area (TPSA) is 38.2 Å². The quantitative estimate of drug-likeness (QED) is 0.813. The lowest BCUT2D eigenvalue weighted by atomic mass is 10.3. The van der Waals surface area contributed by atoms with Crippen molar-refractivity contribution in [1.82, 2.24) is 9.97 Å². The zero-order valence-corrected chi connectivity index (χ0v) is 11.2. The first kappa shape index (κ1) is 13.2. The highest BCUT2D eigenvalue weighted by Gasteiger charge is 2.16. The van der Waals surface area contributed by atoms with E-state index in [1.165, 1.54) is 0 Å². The van der Waals surface area contributed by atoms with Gasteiger partial charge in [-0.05, 0) is 20.8 Å². The number of methoxy groups -OCH3 is 1. The summed E-state index contributed by atoms with van der Waals surface area (Å²) < 4.78 is 5.11. The van der Waals surface area contributed by atoms with Crippen molar-refractivity contribution in [3.05, 3.63) is 16.5 Å². The molecular weight excluding hydrogens is 226 g/mol. The molecular formula is C11H18ClN3O. The van der Waals surface area contributed by atoms with E-state index in [1.807, 2.05) is 25.8 Å². The van der Waals surface area contributed by atoms with Crippen LogP contribution in [-0.4, -0.2) is 36.8 Å². The highest BCUT2D eigenvalue weighted by molar-refractivity contribution is 6.31. The second-order valence-corrected chi connectivity index (χ2v) is 4.28. The van der Waals surface area contributed by atoms with Crippen LogP contribution in [0.1, 0.15) is 18.3 Å². The van der Waals surface area contributed by atoms with E-state index in [1.54, 1.807) is 7.11 Å². The standard InChI is InChI=1S/C11H18ClN3O/c1-7(6-16-5)15(4)11-10(12)13-8(2)9(3)14-11/h7H,6H2,1-5H3. The lowest BCUT2D eigenvalue weighted by Gasteiger charge is -2.26. The predicted molar refractivity (Wildman–Crippen MR) is 66.3 cm³/mol. The number of hydrogen-bond acceptors (Lipinski definition) is 4. The summed E-state index contributed by atoms with van der Waals surface area (Å²) in [6, 6.07) is 0.207. The molecule has 0 fully saturated rings. The van der Waals surface area contributed by atoms with Gasteiger partial charge in [-0.3, -0.25) is 0 Å². The van der Waals surface area contributed by atoms with E-state index in [0.717, 1.165) is 11.4 Å². The van der Waals surface area contributed by atoms with Gasteiger partial charge in [-0.1, -0.05) is 11.6 Å². The fourth-order valence-corrected chi connectivity index (χ4v) is 1.65. The van der Waals surface area contributed by atoms with Gasteiger partial charge in [0, 0.05) is 14.2 Å². The Labute approximate surface area is 102 Å². The summed E-state index contributed by atoms with van der Waals surface area (Å²) in [5, 5.41) is 0.438. The summed E-state index contributed by atoms with van der Waals surface area (Å²) in [4.78, 5) is 10.7. The van der Waals surface area contributed by atoms with Gasteiger partial charge in [0.05, 0.1) is 24.0 Å². The average molecular weight is 244 g/mol. The molecule has 1 rings (SSSR count). The van der Waals surface area contributed by atoms with Gasteiger partial charge in [-0.25, -0.2) is 9.97 Å². The van der Waals surface area contributed by atoms with E-state index in [-0.39, 0.29) is 6.04 Å². The fraction of sp³-hybridized carbons (Fsp3) is 0.636. The molecule has 0 aliphatic carbocycles. The molecule has 0 saturated heterocycles. The van der Waals surface area contributed by atoms with E-state index in [4.69, 9.17) is 16.3 Å². The fourth-order valence-electron chi connectivity index (χ4n) is 1.35. The molecule has 5 heteroatoms. The SMILES string of the molecule is COCC(C)N(C)c1nc(C)c(C)nc1Cl. The largest absolute Gasteiger partial charge is 0.383 e. The molecule has 4 nitrogen and oxygen atoms in total. The van der Waals surface area contributed by atoms with E-state index < -0.39 is 0 Å². The maximum Gasteiger partial charge on any atom is 0.171 e. The molecule has 90 valence electrons. The van der Waals surface area contributed by atoms with Crippen LogP contribution in [0.5, 0.6) is 0 Å². The summed E-state index contributed by atoms with van der Waals surface area (Å²) in [7, 11) is 3.62. The first-order valence-corrected chi connectivity index (χ1v) is 5.57. The number of halogens is 1. The molecule has 0 bridgehead atoms. The van der Waals surface area contributed by atoms with Crippen LogP contribution in [0, 0.1) is 13.8 Å². The van der Waals surface area contributed by atoms with Crippen molar-refractivity contribution >= 4 is 17.4 Å². The highest BCUT2D eigenvalue weighted by Crippen LogP contribution is 2.23. The monoisotopic (exact) mass is 243 g/mol. The van der Waals surface area contributed by atoms with Crippen molar-refractivity contribution in [2.75, 3.05) is 25.7 Å². The molecule has 1 unspecified atom stereocenters. The third-order valence-corrected chi connectivity index (χ3v) is 2.90. The zero-order valence-electron chi connectivity index (χ0n) is 10.4. The van der Waals surface area contributed by atoms with Crippen molar-refractivity contribution in [3.63, 3.8) is 0 Å². The highest BCUT2D eigenvalue weighted by atomic mass is 35.5. The Balaban J connectivity index is 2.99. The van der Waals surface area contributed by atoms with Crippen LogP contribution in [0.3, 0.4) is 0 Å². The van der Waals surface area contributed by atoms with E-state index in [2.05, 4.69) is 16.9 Å². The molecule has 0 aliphatic heterocycles. The minimum Gasteiger partial charge on any atom is -0.383 e. The molecule has 0 spiro atoms. The molecule has 0 saturated carbocycles. The molecule has 1 aromatic rings. The van der Waals surface area contributed by atoms with Gasteiger partial charge in [0.1, 0.15) is 0 Å². The van der Waals surface area contributed by atoms with E-state index in [0.29, 0.717) is 17.6 Å². The van der Waals surface area contributed by atoms with Gasteiger partial charge < -0.3 is 9.64 Å². The Morgan fingerprint density at radius 2 is 1.88 bits per heavy atom. The van der Waals surface area contributed by atoms with Crippen LogP contribution >= 0.6 is 11.6 Å². The van der Waals surface area contributed by atoms with E-state index >= 15 is 0 Å². The van der Waals surface area contributed by atoms with Gasteiger partial charge in [0.15, 0.2) is 11.0 Å². The Bertz CT molecular complexity index is 370. The number of hydrogen-bond donors (Lipinski definition) is 0. The average Bonchev–Trinajstić information content (AvgIpc) is 2.23. The van der Waals surface area contributed by atoms with Crippen LogP contribution in [0.4, 0.5) is 5.82 Å². The summed E-state index contributed by atoms with van der Waals surface area (Å²) in [5.41, 5.74) is 1.76. The van der Waals surface area contributed by atoms with Crippen LogP contribution < -0.4 is 4.90 Å². The summed E-state index contributed by atoms with van der Waals surface area (Å²) in [5.74, 6) is 0.703. The molecule has 0 N–H and O–H groups in total. The van der Waals surface area contributed by atoms with Crippen molar-refractivity contribution in [1.29, 1.82) is 0 Å². The Morgan fingerprint density at radius 1 is 1.31 bits per heavy atom. The van der Waals surface area contributed by atoms with E-state index in [9.17, 15) is 0 Å². The number of aromatic nitrogens is 2. The molecule has 16 heavy (non-hydrogen) atoms. The zero-order chi connectivity index (χ0) is 12.3. The number of rotatable bonds is 4. The molecule has 0 radical (unpaired) electrons. The van der Waals surface area contributed by atoms with Gasteiger partial charge in [0.2, 0.25) is 0 Å². The third kappa shape index (κ3) is 2.83. The summed E-state index contributed by atoms with van der Waals surface area (Å²) >= 11 is 6.08. The second kappa shape index (κ2) is 5.46. The molecule has 1 heterocycles. The summed E-state index contributed by atoms with van der Waals surface area (Å²) in [6.07, 6.45) is 0. The third-order valence-electron chi connectivity index (χ3n) is 2.65. The molecule has 1 aromatic heterocycles. The maximum atomic E-state index is 6.08. The van der Waals surface area contributed by atoms with Crippen LogP contribution in [0.2, 0.25) is 5.15 Å². The number of ether oxygens (including phenoxy) is 1. The number of aryl methyl sites for hydroxylation is 2. The van der Waals surface area contributed by atoms with Crippen molar-refractivity contribution in [2.24, 2.45) is 0 Å². The van der Waals surface area contributed by atoms with Crippen LogP contribution in [0.15, 0.2) is 0 Å². The van der Waals surface area contributed by atoms with Gasteiger partial charge in [-0.15, -0.1) is 0 Å². The van der Waals surface area contributed by atoms with Crippen LogP contribution in [-0.2, 0) is 4.74 Å². The normalized spacial score (nSPS) is 12.6. The van der Waals surface area contributed by atoms with Gasteiger partial charge >= 0.3 is 0 Å². The lowest BCUT2D eigenvalue weighted by molar-refractivity contribution is 0.183. The number of nitrogens with zero attached hydrogens (tertiary/aromatic N) is 3. The Hall–Kier alpha value is -0.870. The first-order valence-electron chi connectivity index (χ1n) is 5.19. The molecule has 0 aromatic carbocycles. The molecule has 1 atom stereocenters. The summed E-state index contributed by atoms with van der Waals surface area (Å²) in [6.45, 7) is 6.51. The predicted octanol–water partition coefficient (Wildman–Crippen LogP) is 2.22. The maximum absolute atomic E-state index is 6.08. The minimum absolute atomic E-state index is 0.207. The van der Waals surface area contributed by atoms with Crippen molar-refractivity contribution in [3.8, 4) is 0 Å². The minimum atomic E-state index is 0.207. The lowest BCUT2D eigenvalue weighted by Crippen LogP contribution is -2.33. The van der Waals surface area contributed by atoms with Crippen molar-refractivity contribution < 1.29 is 4.74 Å². The first-order chi connectivity index (χ1) is 7.47. The smallest absolute Gasteiger partial charge is 0.171 e. The molecule has 0 aliphatic rings. The number of anilines is 1. The molecule has 0 amide bonds. The van der Waals surface area contributed by atoms with Gasteiger partial charge in [0.25, 0.3) is 0 Å². The Morgan fingerprint density at radius 3 is 2.44 bits per heavy atom. The van der Waals surface area contributed by atoms with Crippen molar-refractivity contribution in [2.45, 2.75) is 26.8 Å². The van der Waals surface area contributed by atoms with Crippen LogP contribution in [0.25, 0.3) is 0 Å². The second-order valence-electron chi connectivity index (χ2n) is 3.92.